The molecule has 44 heavy (non-hydrogen) atoms. The number of fused-ring (bicyclic) bond motifs is 1. The average Bonchev–Trinajstić information content (AvgIpc) is 2.97. The lowest BCUT2D eigenvalue weighted by Crippen LogP contribution is -2.61. The number of hydrogen-bond acceptors (Lipinski definition) is 16. The Balaban J connectivity index is 1.57. The van der Waals surface area contributed by atoms with Crippen LogP contribution in [0.1, 0.15) is 10.4 Å². The van der Waals surface area contributed by atoms with Crippen LogP contribution < -0.4 is 10.2 Å². The molecule has 0 unspecified atom stereocenters. The van der Waals surface area contributed by atoms with Crippen molar-refractivity contribution in [3.63, 3.8) is 0 Å². The van der Waals surface area contributed by atoms with Crippen molar-refractivity contribution >= 4 is 16.9 Å². The molecule has 3 aromatic carbocycles. The molecule has 5 atom stereocenters. The van der Waals surface area contributed by atoms with Crippen LogP contribution in [0.5, 0.6) is 46.0 Å². The fourth-order valence-electron chi connectivity index (χ4n) is 4.55. The first-order valence-corrected chi connectivity index (χ1v) is 12.6. The van der Waals surface area contributed by atoms with Gasteiger partial charge in [0.2, 0.25) is 17.5 Å². The standard InChI is InChI=1S/C28H24O16/c29-8-18-21(37)25(43-27(40)10-4-15(34)20(36)16(35)5-10)23(39)28(42-18)44-26-22(38)19-14(33)6-11(30)7-17(19)41-24(26)9-1-2-12(31)13(32)3-9/h1-7,18,21,23,25,28-37,39H,8H2/t18-,21+,23-,25+,28+/m1/s1. The number of esters is 1. The number of aliphatic hydroxyl groups is 3. The van der Waals surface area contributed by atoms with Gasteiger partial charge < -0.3 is 69.7 Å². The van der Waals surface area contributed by atoms with Crippen LogP contribution in [-0.4, -0.2) is 94.3 Å². The van der Waals surface area contributed by atoms with E-state index in [2.05, 4.69) is 0 Å². The van der Waals surface area contributed by atoms with E-state index in [-0.39, 0.29) is 11.1 Å². The van der Waals surface area contributed by atoms with Crippen molar-refractivity contribution in [1.82, 2.24) is 0 Å². The van der Waals surface area contributed by atoms with Crippen LogP contribution in [0.3, 0.4) is 0 Å². The Morgan fingerprint density at radius 2 is 1.50 bits per heavy atom. The van der Waals surface area contributed by atoms with Gasteiger partial charge in [-0.3, -0.25) is 4.79 Å². The molecule has 0 amide bonds. The monoisotopic (exact) mass is 616 g/mol. The highest BCUT2D eigenvalue weighted by atomic mass is 16.7. The number of carbonyl (C=O) groups is 1. The van der Waals surface area contributed by atoms with Gasteiger partial charge in [0, 0.05) is 17.7 Å². The van der Waals surface area contributed by atoms with E-state index in [9.17, 15) is 60.7 Å². The van der Waals surface area contributed by atoms with Crippen LogP contribution in [0.25, 0.3) is 22.3 Å². The summed E-state index contributed by atoms with van der Waals surface area (Å²) in [5.74, 6) is -7.56. The third kappa shape index (κ3) is 5.29. The minimum atomic E-state index is -2.10. The highest BCUT2D eigenvalue weighted by Gasteiger charge is 2.48. The van der Waals surface area contributed by atoms with Gasteiger partial charge in [-0.1, -0.05) is 0 Å². The van der Waals surface area contributed by atoms with E-state index in [1.165, 1.54) is 6.07 Å². The molecule has 1 aliphatic rings. The fraction of sp³-hybridized carbons (Fsp3) is 0.214. The van der Waals surface area contributed by atoms with Crippen LogP contribution in [0, 0.1) is 0 Å². The van der Waals surface area contributed by atoms with Gasteiger partial charge in [0.05, 0.1) is 12.2 Å². The van der Waals surface area contributed by atoms with E-state index >= 15 is 0 Å². The molecule has 10 N–H and O–H groups in total. The summed E-state index contributed by atoms with van der Waals surface area (Å²) >= 11 is 0. The van der Waals surface area contributed by atoms with E-state index < -0.39 is 111 Å². The van der Waals surface area contributed by atoms with Crippen LogP contribution in [-0.2, 0) is 9.47 Å². The topological polar surface area (TPSA) is 277 Å². The Hall–Kier alpha value is -5.42. The minimum Gasteiger partial charge on any atom is -0.508 e. The van der Waals surface area contributed by atoms with Gasteiger partial charge in [-0.2, -0.15) is 0 Å². The van der Waals surface area contributed by atoms with Crippen molar-refractivity contribution in [3.8, 4) is 57.3 Å². The SMILES string of the molecule is O=C(O[C@H]1[C@@H](O)[C@@H](CO)O[C@@H](Oc2c(-c3ccc(O)c(O)c3)oc3cc(O)cc(O)c3c2=O)[C@@H]1O)c1cc(O)c(O)c(O)c1. The van der Waals surface area contributed by atoms with Gasteiger partial charge >= 0.3 is 5.97 Å². The zero-order valence-corrected chi connectivity index (χ0v) is 22.1. The van der Waals surface area contributed by atoms with Gasteiger partial charge in [-0.15, -0.1) is 0 Å². The maximum Gasteiger partial charge on any atom is 0.338 e. The number of rotatable bonds is 6. The number of hydrogen-bond donors (Lipinski definition) is 10. The second-order valence-electron chi connectivity index (χ2n) is 9.69. The first kappa shape index (κ1) is 30.1. The Bertz CT molecular complexity index is 1790. The number of aromatic hydroxyl groups is 7. The van der Waals surface area contributed by atoms with E-state index in [1.807, 2.05) is 0 Å². The van der Waals surface area contributed by atoms with Crippen LogP contribution in [0.2, 0.25) is 0 Å². The molecule has 2 heterocycles. The molecule has 0 bridgehead atoms. The average molecular weight is 616 g/mol. The Morgan fingerprint density at radius 3 is 2.14 bits per heavy atom. The number of benzene rings is 3. The summed E-state index contributed by atoms with van der Waals surface area (Å²) in [5.41, 5.74) is -1.98. The molecule has 16 heteroatoms. The molecule has 0 spiro atoms. The zero-order valence-electron chi connectivity index (χ0n) is 22.1. The molecule has 4 aromatic rings. The maximum absolute atomic E-state index is 13.6. The van der Waals surface area contributed by atoms with E-state index in [1.54, 1.807) is 0 Å². The molecule has 232 valence electrons. The largest absolute Gasteiger partial charge is 0.508 e. The molecule has 1 aromatic heterocycles. The zero-order chi connectivity index (χ0) is 32.0. The Kier molecular flexibility index (Phi) is 7.75. The summed E-state index contributed by atoms with van der Waals surface area (Å²) in [4.78, 5) is 26.4. The lowest BCUT2D eigenvalue weighted by Gasteiger charge is -2.41. The number of phenolic OH excluding ortho intramolecular Hbond substituents is 7. The third-order valence-corrected chi connectivity index (χ3v) is 6.76. The minimum absolute atomic E-state index is 0.0731. The molecule has 0 radical (unpaired) electrons. The van der Waals surface area contributed by atoms with Crippen molar-refractivity contribution in [2.24, 2.45) is 0 Å². The summed E-state index contributed by atoms with van der Waals surface area (Å²) in [6.07, 6.45) is -9.47. The van der Waals surface area contributed by atoms with Crippen molar-refractivity contribution in [3.05, 3.63) is 58.3 Å². The van der Waals surface area contributed by atoms with Crippen LogP contribution >= 0.6 is 0 Å². The number of phenols is 7. The van der Waals surface area contributed by atoms with E-state index in [4.69, 9.17) is 18.6 Å². The maximum atomic E-state index is 13.6. The van der Waals surface area contributed by atoms with E-state index in [0.29, 0.717) is 0 Å². The Morgan fingerprint density at radius 1 is 0.818 bits per heavy atom. The molecule has 0 aliphatic carbocycles. The van der Waals surface area contributed by atoms with Gasteiger partial charge in [-0.25, -0.2) is 4.79 Å². The molecule has 16 nitrogen and oxygen atoms in total. The molecule has 5 rings (SSSR count). The van der Waals surface area contributed by atoms with Crippen LogP contribution in [0.4, 0.5) is 0 Å². The first-order valence-electron chi connectivity index (χ1n) is 12.6. The number of aliphatic hydroxyl groups excluding tert-OH is 3. The summed E-state index contributed by atoms with van der Waals surface area (Å²) in [7, 11) is 0. The Labute approximate surface area is 244 Å². The normalized spacial score (nSPS) is 21.7. The lowest BCUT2D eigenvalue weighted by molar-refractivity contribution is -0.277. The fourth-order valence-corrected chi connectivity index (χ4v) is 4.55. The summed E-state index contributed by atoms with van der Waals surface area (Å²) in [6, 6.07) is 6.56. The first-order chi connectivity index (χ1) is 20.8. The molecular weight excluding hydrogens is 592 g/mol. The lowest BCUT2D eigenvalue weighted by atomic mass is 9.98. The molecular formula is C28H24O16. The molecule has 1 fully saturated rings. The van der Waals surface area contributed by atoms with Gasteiger partial charge in [0.15, 0.2) is 46.7 Å². The van der Waals surface area contributed by atoms with Gasteiger partial charge in [0.1, 0.15) is 34.7 Å². The predicted octanol–water partition coefficient (Wildman–Crippen LogP) is 0.443. The van der Waals surface area contributed by atoms with Gasteiger partial charge in [0.25, 0.3) is 0 Å². The summed E-state index contributed by atoms with van der Waals surface area (Å²) in [6.45, 7) is -0.909. The summed E-state index contributed by atoms with van der Waals surface area (Å²) in [5, 5.41) is 100. The van der Waals surface area contributed by atoms with Crippen molar-refractivity contribution in [2.45, 2.75) is 30.7 Å². The number of ether oxygens (including phenoxy) is 3. The molecule has 1 saturated heterocycles. The van der Waals surface area contributed by atoms with Crippen LogP contribution in [0.15, 0.2) is 51.7 Å². The summed E-state index contributed by atoms with van der Waals surface area (Å²) < 4.78 is 22.0. The van der Waals surface area contributed by atoms with Gasteiger partial charge in [-0.05, 0) is 30.3 Å². The highest BCUT2D eigenvalue weighted by Crippen LogP contribution is 2.40. The predicted molar refractivity (Wildman–Crippen MR) is 144 cm³/mol. The van der Waals surface area contributed by atoms with Crippen molar-refractivity contribution in [2.75, 3.05) is 6.61 Å². The second-order valence-corrected chi connectivity index (χ2v) is 9.69. The van der Waals surface area contributed by atoms with Crippen molar-refractivity contribution in [1.29, 1.82) is 0 Å². The number of carbonyl (C=O) groups excluding carboxylic acids is 1. The second kappa shape index (κ2) is 11.3. The third-order valence-electron chi connectivity index (χ3n) is 6.76. The van der Waals surface area contributed by atoms with Crippen molar-refractivity contribution < 1.29 is 74.5 Å². The smallest absolute Gasteiger partial charge is 0.338 e. The highest BCUT2D eigenvalue weighted by molar-refractivity contribution is 5.91. The molecule has 0 saturated carbocycles. The van der Waals surface area contributed by atoms with E-state index in [0.717, 1.165) is 36.4 Å². The molecule has 1 aliphatic heterocycles. The quantitative estimate of drug-likeness (QED) is 0.104.